The Balaban J connectivity index is 1.42. The maximum atomic E-state index is 11.6. The van der Waals surface area contributed by atoms with Crippen LogP contribution in [0.2, 0.25) is 0 Å². The Morgan fingerprint density at radius 1 is 0.900 bits per heavy atom. The van der Waals surface area contributed by atoms with E-state index in [0.29, 0.717) is 36.8 Å². The Bertz CT molecular complexity index is 1320. The smallest absolute Gasteiger partial charge is 0.344 e. The average molecular weight is 548 g/mol. The average Bonchev–Trinajstić information content (AvgIpc) is 3.40. The molecule has 40 heavy (non-hydrogen) atoms. The van der Waals surface area contributed by atoms with Gasteiger partial charge in [-0.2, -0.15) is 0 Å². The van der Waals surface area contributed by atoms with Gasteiger partial charge in [0.05, 0.1) is 12.9 Å². The number of benzene rings is 3. The summed E-state index contributed by atoms with van der Waals surface area (Å²) in [5.74, 6) is 1.36. The lowest BCUT2D eigenvalue weighted by molar-refractivity contribution is -0.145. The first-order valence-corrected chi connectivity index (χ1v) is 13.5. The van der Waals surface area contributed by atoms with Crippen molar-refractivity contribution in [3.63, 3.8) is 0 Å². The second kappa shape index (κ2) is 14.5. The standard InChI is InChI=1S/C32H37NO7/c1-3-37-31(36)22-39-28-15-13-24(14-16-28)17-23(2)33(18-26(34)21-38-27-10-5-4-6-11-27)19-30(35)32-29-12-8-7-9-25(29)20-40-32/h4-16,20,23,26,30,34-35H,3,17-19,21-22H2,1-2H3/t23-,26+,30?/m1/s1. The van der Waals surface area contributed by atoms with Gasteiger partial charge in [-0.3, -0.25) is 4.90 Å². The van der Waals surface area contributed by atoms with Gasteiger partial charge in [0.15, 0.2) is 6.61 Å². The minimum absolute atomic E-state index is 0.0337. The lowest BCUT2D eigenvalue weighted by Crippen LogP contribution is -2.44. The third-order valence-corrected chi connectivity index (χ3v) is 6.62. The van der Waals surface area contributed by atoms with Gasteiger partial charge >= 0.3 is 5.97 Å². The van der Waals surface area contributed by atoms with Gasteiger partial charge in [0.1, 0.15) is 36.1 Å². The zero-order chi connectivity index (χ0) is 28.3. The Hall–Kier alpha value is -3.85. The van der Waals surface area contributed by atoms with Crippen molar-refractivity contribution < 1.29 is 33.6 Å². The minimum atomic E-state index is -0.886. The van der Waals surface area contributed by atoms with Gasteiger partial charge in [-0.1, -0.05) is 54.6 Å². The zero-order valence-corrected chi connectivity index (χ0v) is 22.9. The third-order valence-electron chi connectivity index (χ3n) is 6.62. The fourth-order valence-corrected chi connectivity index (χ4v) is 4.58. The molecule has 1 unspecified atom stereocenters. The van der Waals surface area contributed by atoms with Gasteiger partial charge in [0.25, 0.3) is 0 Å². The van der Waals surface area contributed by atoms with Crippen LogP contribution in [0.4, 0.5) is 0 Å². The molecule has 0 fully saturated rings. The molecule has 1 aromatic heterocycles. The fraction of sp³-hybridized carbons (Fsp3) is 0.344. The number of esters is 1. The molecular weight excluding hydrogens is 510 g/mol. The van der Waals surface area contributed by atoms with E-state index < -0.39 is 18.2 Å². The Morgan fingerprint density at radius 2 is 1.60 bits per heavy atom. The van der Waals surface area contributed by atoms with Crippen molar-refractivity contribution in [1.29, 1.82) is 0 Å². The maximum Gasteiger partial charge on any atom is 0.344 e. The summed E-state index contributed by atoms with van der Waals surface area (Å²) in [5, 5.41) is 23.9. The lowest BCUT2D eigenvalue weighted by Gasteiger charge is -2.32. The van der Waals surface area contributed by atoms with Crippen molar-refractivity contribution >= 4 is 16.7 Å². The van der Waals surface area contributed by atoms with Crippen molar-refractivity contribution in [3.8, 4) is 11.5 Å². The molecule has 0 amide bonds. The summed E-state index contributed by atoms with van der Waals surface area (Å²) in [6.07, 6.45) is 0.649. The molecule has 2 N–H and O–H groups in total. The molecule has 212 valence electrons. The molecule has 0 radical (unpaired) electrons. The number of fused-ring (bicyclic) bond motifs is 1. The van der Waals surface area contributed by atoms with E-state index in [1.165, 1.54) is 0 Å². The molecule has 0 saturated heterocycles. The van der Waals surface area contributed by atoms with E-state index in [4.69, 9.17) is 18.6 Å². The van der Waals surface area contributed by atoms with Crippen LogP contribution in [0, 0.1) is 0 Å². The molecule has 4 aromatic rings. The summed E-state index contributed by atoms with van der Waals surface area (Å²) in [5.41, 5.74) is 1.05. The first-order chi connectivity index (χ1) is 19.4. The Labute approximate surface area is 234 Å². The predicted octanol–water partition coefficient (Wildman–Crippen LogP) is 4.78. The summed E-state index contributed by atoms with van der Waals surface area (Å²) in [4.78, 5) is 13.6. The monoisotopic (exact) mass is 547 g/mol. The molecule has 3 atom stereocenters. The van der Waals surface area contributed by atoms with E-state index in [2.05, 4.69) is 6.92 Å². The van der Waals surface area contributed by atoms with Crippen LogP contribution in [0.15, 0.2) is 89.5 Å². The normalized spacial score (nSPS) is 13.6. The molecule has 0 saturated carbocycles. The predicted molar refractivity (Wildman–Crippen MR) is 152 cm³/mol. The van der Waals surface area contributed by atoms with Crippen LogP contribution < -0.4 is 9.47 Å². The number of hydrogen-bond donors (Lipinski definition) is 2. The van der Waals surface area contributed by atoms with Crippen molar-refractivity contribution in [3.05, 3.63) is 96.4 Å². The highest BCUT2D eigenvalue weighted by Gasteiger charge is 2.25. The number of furan rings is 1. The van der Waals surface area contributed by atoms with Crippen LogP contribution >= 0.6 is 0 Å². The van der Waals surface area contributed by atoms with Crippen LogP contribution in [-0.4, -0.2) is 66.1 Å². The number of aliphatic hydroxyl groups excluding tert-OH is 2. The van der Waals surface area contributed by atoms with E-state index in [1.54, 1.807) is 13.2 Å². The summed E-state index contributed by atoms with van der Waals surface area (Å²) >= 11 is 0. The summed E-state index contributed by atoms with van der Waals surface area (Å²) in [6.45, 7) is 4.67. The topological polar surface area (TPSA) is 102 Å². The molecular formula is C32H37NO7. The molecule has 0 aliphatic carbocycles. The number of aliphatic hydroxyl groups is 2. The summed E-state index contributed by atoms with van der Waals surface area (Å²) < 4.78 is 21.9. The summed E-state index contributed by atoms with van der Waals surface area (Å²) in [6, 6.07) is 24.6. The first-order valence-electron chi connectivity index (χ1n) is 13.5. The second-order valence-corrected chi connectivity index (χ2v) is 9.73. The maximum absolute atomic E-state index is 11.6. The Kier molecular flexibility index (Phi) is 10.6. The van der Waals surface area contributed by atoms with E-state index >= 15 is 0 Å². The highest BCUT2D eigenvalue weighted by Crippen LogP contribution is 2.28. The molecule has 3 aromatic carbocycles. The van der Waals surface area contributed by atoms with Crippen LogP contribution in [0.25, 0.3) is 10.8 Å². The van der Waals surface area contributed by atoms with Gasteiger partial charge in [0, 0.05) is 29.9 Å². The number of ether oxygens (including phenoxy) is 3. The lowest BCUT2D eigenvalue weighted by atomic mass is 10.0. The third kappa shape index (κ3) is 8.32. The van der Waals surface area contributed by atoms with Gasteiger partial charge in [-0.05, 0) is 50.1 Å². The molecule has 1 heterocycles. The molecule has 0 bridgehead atoms. The highest BCUT2D eigenvalue weighted by atomic mass is 16.6. The van der Waals surface area contributed by atoms with E-state index in [0.717, 1.165) is 16.3 Å². The molecule has 0 aliphatic rings. The van der Waals surface area contributed by atoms with Crippen molar-refractivity contribution in [1.82, 2.24) is 4.90 Å². The fourth-order valence-electron chi connectivity index (χ4n) is 4.58. The van der Waals surface area contributed by atoms with E-state index in [1.807, 2.05) is 83.8 Å². The molecule has 0 spiro atoms. The number of carbonyl (C=O) groups is 1. The van der Waals surface area contributed by atoms with Gasteiger partial charge in [0.2, 0.25) is 0 Å². The number of rotatable bonds is 15. The van der Waals surface area contributed by atoms with Crippen molar-refractivity contribution in [2.45, 2.75) is 38.5 Å². The largest absolute Gasteiger partial charge is 0.491 e. The van der Waals surface area contributed by atoms with Crippen LogP contribution in [0.3, 0.4) is 0 Å². The first kappa shape index (κ1) is 29.1. The van der Waals surface area contributed by atoms with Gasteiger partial charge in [-0.25, -0.2) is 4.79 Å². The number of hydrogen-bond acceptors (Lipinski definition) is 8. The van der Waals surface area contributed by atoms with Crippen LogP contribution in [-0.2, 0) is 16.0 Å². The minimum Gasteiger partial charge on any atom is -0.491 e. The molecule has 8 nitrogen and oxygen atoms in total. The SMILES string of the molecule is CCOC(=O)COc1ccc(C[C@@H](C)N(CC(O)c2occ3ccccc23)C[C@H](O)COc2ccccc2)cc1. The Morgan fingerprint density at radius 3 is 2.35 bits per heavy atom. The van der Waals surface area contributed by atoms with E-state index in [-0.39, 0.29) is 25.8 Å². The number of nitrogens with zero attached hydrogens (tertiary/aromatic N) is 1. The highest BCUT2D eigenvalue weighted by molar-refractivity contribution is 5.84. The molecule has 4 rings (SSSR count). The summed E-state index contributed by atoms with van der Waals surface area (Å²) in [7, 11) is 0. The molecule has 8 heteroatoms. The molecule has 0 aliphatic heterocycles. The van der Waals surface area contributed by atoms with Crippen LogP contribution in [0.1, 0.15) is 31.3 Å². The van der Waals surface area contributed by atoms with Gasteiger partial charge in [-0.15, -0.1) is 0 Å². The van der Waals surface area contributed by atoms with Crippen molar-refractivity contribution in [2.24, 2.45) is 0 Å². The van der Waals surface area contributed by atoms with Gasteiger partial charge < -0.3 is 28.8 Å². The number of para-hydroxylation sites is 1. The zero-order valence-electron chi connectivity index (χ0n) is 22.9. The second-order valence-electron chi connectivity index (χ2n) is 9.73. The quantitative estimate of drug-likeness (QED) is 0.205. The van der Waals surface area contributed by atoms with Crippen LogP contribution in [0.5, 0.6) is 11.5 Å². The number of carbonyl (C=O) groups excluding carboxylic acids is 1. The van der Waals surface area contributed by atoms with Crippen molar-refractivity contribution in [2.75, 3.05) is 32.9 Å². The van der Waals surface area contributed by atoms with E-state index in [9.17, 15) is 15.0 Å².